The normalized spacial score (nSPS) is 10.1. The van der Waals surface area contributed by atoms with Crippen molar-refractivity contribution in [3.63, 3.8) is 0 Å². The van der Waals surface area contributed by atoms with Crippen LogP contribution in [-0.4, -0.2) is 22.4 Å². The summed E-state index contributed by atoms with van der Waals surface area (Å²) in [5.41, 5.74) is 1.39. The van der Waals surface area contributed by atoms with Crippen molar-refractivity contribution in [2.75, 3.05) is 11.9 Å². The summed E-state index contributed by atoms with van der Waals surface area (Å²) in [4.78, 5) is 20.2. The lowest BCUT2D eigenvalue weighted by Crippen LogP contribution is -2.24. The molecule has 21 heavy (non-hydrogen) atoms. The second-order valence-corrected chi connectivity index (χ2v) is 4.75. The van der Waals surface area contributed by atoms with E-state index in [0.29, 0.717) is 18.1 Å². The van der Waals surface area contributed by atoms with Gasteiger partial charge in [-0.25, -0.2) is 9.97 Å². The molecule has 2 N–H and O–H groups in total. The number of carbonyl (C=O) groups excluding carboxylic acids is 1. The molecule has 2 rings (SSSR count). The van der Waals surface area contributed by atoms with Crippen molar-refractivity contribution in [1.82, 2.24) is 15.3 Å². The molecular weight excluding hydrogens is 264 g/mol. The highest BCUT2D eigenvalue weighted by atomic mass is 16.1. The van der Waals surface area contributed by atoms with Crippen molar-refractivity contribution in [2.45, 2.75) is 26.2 Å². The van der Waals surface area contributed by atoms with Gasteiger partial charge in [0.15, 0.2) is 0 Å². The van der Waals surface area contributed by atoms with Gasteiger partial charge in [0.2, 0.25) is 5.95 Å². The molecule has 1 amide bonds. The molecule has 0 aliphatic heterocycles. The van der Waals surface area contributed by atoms with Gasteiger partial charge < -0.3 is 10.6 Å². The van der Waals surface area contributed by atoms with Crippen LogP contribution in [0.15, 0.2) is 42.7 Å². The number of amides is 1. The average molecular weight is 284 g/mol. The second kappa shape index (κ2) is 7.99. The van der Waals surface area contributed by atoms with Crippen LogP contribution in [-0.2, 0) is 0 Å². The molecule has 0 fully saturated rings. The number of rotatable bonds is 7. The lowest BCUT2D eigenvalue weighted by Gasteiger charge is -2.06. The number of aromatic nitrogens is 2. The maximum Gasteiger partial charge on any atom is 0.254 e. The molecule has 1 aromatic carbocycles. The molecule has 0 unspecified atom stereocenters. The van der Waals surface area contributed by atoms with Crippen molar-refractivity contribution < 1.29 is 4.79 Å². The predicted molar refractivity (Wildman–Crippen MR) is 83.6 cm³/mol. The summed E-state index contributed by atoms with van der Waals surface area (Å²) in [5.74, 6) is 0.348. The average Bonchev–Trinajstić information content (AvgIpc) is 2.53. The van der Waals surface area contributed by atoms with Gasteiger partial charge in [-0.2, -0.15) is 0 Å². The Hall–Kier alpha value is -2.43. The van der Waals surface area contributed by atoms with E-state index in [1.165, 1.54) is 12.4 Å². The highest BCUT2D eigenvalue weighted by Gasteiger charge is 2.06. The van der Waals surface area contributed by atoms with Crippen molar-refractivity contribution in [3.05, 3.63) is 48.3 Å². The third-order valence-corrected chi connectivity index (χ3v) is 3.01. The summed E-state index contributed by atoms with van der Waals surface area (Å²) in [6.45, 7) is 2.82. The number of benzene rings is 1. The number of nitrogens with zero attached hydrogens (tertiary/aromatic N) is 2. The van der Waals surface area contributed by atoms with E-state index in [-0.39, 0.29) is 5.91 Å². The molecule has 1 heterocycles. The predicted octanol–water partition coefficient (Wildman–Crippen LogP) is 3.14. The van der Waals surface area contributed by atoms with E-state index < -0.39 is 0 Å². The topological polar surface area (TPSA) is 66.9 Å². The van der Waals surface area contributed by atoms with Gasteiger partial charge in [-0.1, -0.05) is 38.0 Å². The Labute approximate surface area is 124 Å². The molecule has 0 aliphatic carbocycles. The van der Waals surface area contributed by atoms with Gasteiger partial charge in [-0.3, -0.25) is 4.79 Å². The van der Waals surface area contributed by atoms with Crippen molar-refractivity contribution in [1.29, 1.82) is 0 Å². The Morgan fingerprint density at radius 3 is 2.48 bits per heavy atom. The third kappa shape index (κ3) is 4.87. The van der Waals surface area contributed by atoms with Gasteiger partial charge in [0.05, 0.1) is 5.56 Å². The molecule has 0 atom stereocenters. The quantitative estimate of drug-likeness (QED) is 0.766. The van der Waals surface area contributed by atoms with Crippen molar-refractivity contribution >= 4 is 17.5 Å². The summed E-state index contributed by atoms with van der Waals surface area (Å²) in [7, 11) is 0. The van der Waals surface area contributed by atoms with Crippen LogP contribution in [0, 0.1) is 0 Å². The first-order valence-electron chi connectivity index (χ1n) is 7.22. The Bertz CT molecular complexity index is 554. The van der Waals surface area contributed by atoms with Gasteiger partial charge in [0, 0.05) is 24.6 Å². The first-order chi connectivity index (χ1) is 10.3. The standard InChI is InChI=1S/C16H20N4O/c1-2-3-7-10-17-15(21)13-11-18-16(19-12-13)20-14-8-5-4-6-9-14/h4-6,8-9,11-12H,2-3,7,10H2,1H3,(H,17,21)(H,18,19,20). The molecule has 5 nitrogen and oxygen atoms in total. The van der Waals surface area contributed by atoms with Gasteiger partial charge >= 0.3 is 0 Å². The Morgan fingerprint density at radius 1 is 1.10 bits per heavy atom. The molecular formula is C16H20N4O. The molecule has 2 aromatic rings. The number of hydrogen-bond acceptors (Lipinski definition) is 4. The molecule has 0 saturated carbocycles. The van der Waals surface area contributed by atoms with E-state index in [2.05, 4.69) is 27.5 Å². The fraction of sp³-hybridized carbons (Fsp3) is 0.312. The zero-order valence-electron chi connectivity index (χ0n) is 12.2. The second-order valence-electron chi connectivity index (χ2n) is 4.75. The van der Waals surface area contributed by atoms with Crippen LogP contribution in [0.2, 0.25) is 0 Å². The highest BCUT2D eigenvalue weighted by Crippen LogP contribution is 2.11. The van der Waals surface area contributed by atoms with Gasteiger partial charge in [0.25, 0.3) is 5.91 Å². The van der Waals surface area contributed by atoms with Crippen LogP contribution in [0.5, 0.6) is 0 Å². The fourth-order valence-corrected chi connectivity index (χ4v) is 1.84. The summed E-state index contributed by atoms with van der Waals surface area (Å²) in [5, 5.41) is 5.94. The number of nitrogens with one attached hydrogen (secondary N) is 2. The summed E-state index contributed by atoms with van der Waals surface area (Å²) >= 11 is 0. The zero-order chi connectivity index (χ0) is 14.9. The number of para-hydroxylation sites is 1. The van der Waals surface area contributed by atoms with Crippen molar-refractivity contribution in [2.24, 2.45) is 0 Å². The SMILES string of the molecule is CCCCCNC(=O)c1cnc(Nc2ccccc2)nc1. The molecule has 0 bridgehead atoms. The number of unbranched alkanes of at least 4 members (excludes halogenated alkanes) is 2. The van der Waals surface area contributed by atoms with E-state index in [9.17, 15) is 4.79 Å². The lowest BCUT2D eigenvalue weighted by molar-refractivity contribution is 0.0952. The molecule has 1 aromatic heterocycles. The summed E-state index contributed by atoms with van der Waals surface area (Å²) in [6, 6.07) is 9.66. The minimum absolute atomic E-state index is 0.127. The molecule has 110 valence electrons. The van der Waals surface area contributed by atoms with E-state index >= 15 is 0 Å². The molecule has 0 aliphatic rings. The fourth-order valence-electron chi connectivity index (χ4n) is 1.84. The molecule has 0 radical (unpaired) electrons. The van der Waals surface area contributed by atoms with E-state index in [1.54, 1.807) is 0 Å². The number of anilines is 2. The van der Waals surface area contributed by atoms with Gasteiger partial charge in [-0.05, 0) is 18.6 Å². The Balaban J connectivity index is 1.88. The molecule has 5 heteroatoms. The third-order valence-electron chi connectivity index (χ3n) is 3.01. The Kier molecular flexibility index (Phi) is 5.70. The van der Waals surface area contributed by atoms with Crippen LogP contribution in [0.3, 0.4) is 0 Å². The lowest BCUT2D eigenvalue weighted by atomic mass is 10.2. The summed E-state index contributed by atoms with van der Waals surface area (Å²) < 4.78 is 0. The van der Waals surface area contributed by atoms with Crippen molar-refractivity contribution in [3.8, 4) is 0 Å². The number of carbonyl (C=O) groups is 1. The van der Waals surface area contributed by atoms with Crippen LogP contribution in [0.4, 0.5) is 11.6 Å². The molecule has 0 spiro atoms. The van der Waals surface area contributed by atoms with Gasteiger partial charge in [-0.15, -0.1) is 0 Å². The highest BCUT2D eigenvalue weighted by molar-refractivity contribution is 5.93. The molecule has 0 saturated heterocycles. The minimum atomic E-state index is -0.127. The Morgan fingerprint density at radius 2 is 1.81 bits per heavy atom. The van der Waals surface area contributed by atoms with E-state index in [4.69, 9.17) is 0 Å². The first-order valence-corrected chi connectivity index (χ1v) is 7.22. The maximum absolute atomic E-state index is 11.9. The first kappa shape index (κ1) is 15.0. The largest absolute Gasteiger partial charge is 0.352 e. The zero-order valence-corrected chi connectivity index (χ0v) is 12.2. The monoisotopic (exact) mass is 284 g/mol. The smallest absolute Gasteiger partial charge is 0.254 e. The van der Waals surface area contributed by atoms with Crippen LogP contribution in [0.25, 0.3) is 0 Å². The van der Waals surface area contributed by atoms with E-state index in [0.717, 1.165) is 24.9 Å². The number of hydrogen-bond donors (Lipinski definition) is 2. The van der Waals surface area contributed by atoms with Crippen LogP contribution in [0.1, 0.15) is 36.5 Å². The van der Waals surface area contributed by atoms with Crippen LogP contribution >= 0.6 is 0 Å². The van der Waals surface area contributed by atoms with Crippen LogP contribution < -0.4 is 10.6 Å². The summed E-state index contributed by atoms with van der Waals surface area (Å²) in [6.07, 6.45) is 6.33. The van der Waals surface area contributed by atoms with Gasteiger partial charge in [0.1, 0.15) is 0 Å². The van der Waals surface area contributed by atoms with E-state index in [1.807, 2.05) is 30.3 Å². The maximum atomic E-state index is 11.9. The minimum Gasteiger partial charge on any atom is -0.352 e.